The number of piperidine rings is 1. The predicted octanol–water partition coefficient (Wildman–Crippen LogP) is 2.73. The van der Waals surface area contributed by atoms with Crippen molar-refractivity contribution in [1.82, 2.24) is 9.80 Å². The van der Waals surface area contributed by atoms with E-state index in [1.165, 1.54) is 6.07 Å². The van der Waals surface area contributed by atoms with Gasteiger partial charge in [-0.15, -0.1) is 0 Å². The number of aromatic carboxylic acids is 1. The van der Waals surface area contributed by atoms with Gasteiger partial charge in [-0.25, -0.2) is 4.79 Å². The van der Waals surface area contributed by atoms with Gasteiger partial charge < -0.3 is 15.5 Å². The van der Waals surface area contributed by atoms with Crippen molar-refractivity contribution in [3.63, 3.8) is 0 Å². The molecule has 0 radical (unpaired) electrons. The number of amides is 4. The summed E-state index contributed by atoms with van der Waals surface area (Å²) in [6.45, 7) is -0.456. The first-order valence-corrected chi connectivity index (χ1v) is 11.9. The number of benzene rings is 3. The maximum Gasteiger partial charge on any atom is 0.335 e. The molecule has 0 saturated carbocycles. The number of anilines is 1. The van der Waals surface area contributed by atoms with Crippen LogP contribution in [0.15, 0.2) is 66.7 Å². The van der Waals surface area contributed by atoms with Crippen molar-refractivity contribution in [3.05, 3.63) is 89.0 Å². The fraction of sp³-hybridized carbons (Fsp3) is 0.179. The Morgan fingerprint density at radius 2 is 1.55 bits per heavy atom. The molecule has 1 saturated heterocycles. The lowest BCUT2D eigenvalue weighted by molar-refractivity contribution is -0.155. The highest BCUT2D eigenvalue weighted by Crippen LogP contribution is 2.33. The van der Waals surface area contributed by atoms with Gasteiger partial charge in [0.05, 0.1) is 16.7 Å². The number of rotatable bonds is 7. The largest absolute Gasteiger partial charge is 0.478 e. The van der Waals surface area contributed by atoms with Gasteiger partial charge in [0, 0.05) is 18.7 Å². The summed E-state index contributed by atoms with van der Waals surface area (Å²) in [5.74, 6) is -3.54. The zero-order chi connectivity index (χ0) is 27.0. The number of carbonyl (C=O) groups excluding carboxylic acids is 4. The van der Waals surface area contributed by atoms with Crippen molar-refractivity contribution in [1.29, 1.82) is 0 Å². The molecule has 1 atom stereocenters. The highest BCUT2D eigenvalue weighted by molar-refractivity contribution is 6.25. The molecule has 3 N–H and O–H groups in total. The molecule has 10 heteroatoms. The minimum Gasteiger partial charge on any atom is -0.478 e. The van der Waals surface area contributed by atoms with Crippen LogP contribution in [-0.2, 0) is 16.1 Å². The van der Waals surface area contributed by atoms with Crippen molar-refractivity contribution in [2.24, 2.45) is 0 Å². The normalized spacial score (nSPS) is 17.1. The first kappa shape index (κ1) is 24.8. The number of nitrogens with zero attached hydrogens (tertiary/aromatic N) is 2. The minimum absolute atomic E-state index is 0.00772. The first-order valence-electron chi connectivity index (χ1n) is 11.9. The van der Waals surface area contributed by atoms with Crippen LogP contribution < -0.4 is 5.32 Å². The average molecular weight is 514 g/mol. The van der Waals surface area contributed by atoms with E-state index in [1.807, 2.05) is 24.3 Å². The second-order valence-electron chi connectivity index (χ2n) is 9.00. The Balaban J connectivity index is 1.32. The van der Waals surface area contributed by atoms with Crippen LogP contribution in [0, 0.1) is 0 Å². The molecule has 2 aliphatic heterocycles. The van der Waals surface area contributed by atoms with Gasteiger partial charge in [0.1, 0.15) is 12.8 Å². The molecule has 2 aliphatic rings. The number of carboxylic acids is 1. The molecule has 0 bridgehead atoms. The summed E-state index contributed by atoms with van der Waals surface area (Å²) < 4.78 is 0. The monoisotopic (exact) mass is 513 g/mol. The Morgan fingerprint density at radius 1 is 0.895 bits per heavy atom. The second kappa shape index (κ2) is 9.91. The SMILES string of the molecule is O=C(O)c1ccc(-c2ccc(CNc3cccc4c3C(=O)N(C3CCC(=O)N(CO)C3=O)C4=O)cc2)cc1. The van der Waals surface area contributed by atoms with E-state index in [0.717, 1.165) is 21.6 Å². The molecule has 5 rings (SSSR count). The van der Waals surface area contributed by atoms with Crippen molar-refractivity contribution in [2.75, 3.05) is 12.0 Å². The molecule has 0 spiro atoms. The lowest BCUT2D eigenvalue weighted by Gasteiger charge is -2.33. The van der Waals surface area contributed by atoms with Crippen LogP contribution in [0.1, 0.15) is 49.5 Å². The highest BCUT2D eigenvalue weighted by Gasteiger charge is 2.47. The molecule has 192 valence electrons. The minimum atomic E-state index is -1.16. The number of carbonyl (C=O) groups is 5. The Kier molecular flexibility index (Phi) is 6.48. The van der Waals surface area contributed by atoms with Crippen molar-refractivity contribution >= 4 is 35.3 Å². The summed E-state index contributed by atoms with van der Waals surface area (Å²) in [4.78, 5) is 63.7. The van der Waals surface area contributed by atoms with Gasteiger partial charge in [-0.1, -0.05) is 42.5 Å². The number of nitrogens with one attached hydrogen (secondary N) is 1. The van der Waals surface area contributed by atoms with Gasteiger partial charge in [0.25, 0.3) is 17.7 Å². The van der Waals surface area contributed by atoms with Crippen LogP contribution in [0.25, 0.3) is 11.1 Å². The lowest BCUT2D eigenvalue weighted by Crippen LogP contribution is -2.56. The zero-order valence-electron chi connectivity index (χ0n) is 20.1. The molecule has 38 heavy (non-hydrogen) atoms. The maximum atomic E-state index is 13.3. The molecule has 10 nitrogen and oxygen atoms in total. The topological polar surface area (TPSA) is 144 Å². The maximum absolute atomic E-state index is 13.3. The number of hydrogen-bond acceptors (Lipinski definition) is 7. The van der Waals surface area contributed by atoms with E-state index in [0.29, 0.717) is 17.1 Å². The highest BCUT2D eigenvalue weighted by atomic mass is 16.4. The Bertz CT molecular complexity index is 1460. The fourth-order valence-electron chi connectivity index (χ4n) is 4.76. The Morgan fingerprint density at radius 3 is 2.18 bits per heavy atom. The average Bonchev–Trinajstić information content (AvgIpc) is 3.18. The van der Waals surface area contributed by atoms with E-state index in [2.05, 4.69) is 5.32 Å². The number of hydrogen-bond donors (Lipinski definition) is 3. The van der Waals surface area contributed by atoms with Crippen LogP contribution in [0.2, 0.25) is 0 Å². The molecule has 4 amide bonds. The molecule has 0 aromatic heterocycles. The van der Waals surface area contributed by atoms with Crippen LogP contribution >= 0.6 is 0 Å². The van der Waals surface area contributed by atoms with Gasteiger partial charge in [0.2, 0.25) is 5.91 Å². The van der Waals surface area contributed by atoms with E-state index in [9.17, 15) is 29.1 Å². The molecular weight excluding hydrogens is 490 g/mol. The smallest absolute Gasteiger partial charge is 0.335 e. The van der Waals surface area contributed by atoms with E-state index in [4.69, 9.17) is 5.11 Å². The summed E-state index contributed by atoms with van der Waals surface area (Å²) in [5.41, 5.74) is 3.67. The van der Waals surface area contributed by atoms with E-state index in [-0.39, 0.29) is 29.5 Å². The molecule has 3 aromatic rings. The third kappa shape index (κ3) is 4.31. The molecule has 2 heterocycles. The van der Waals surface area contributed by atoms with Crippen LogP contribution in [-0.4, -0.2) is 62.4 Å². The number of fused-ring (bicyclic) bond motifs is 1. The molecule has 3 aromatic carbocycles. The van der Waals surface area contributed by atoms with Crippen LogP contribution in [0.3, 0.4) is 0 Å². The number of aliphatic hydroxyl groups is 1. The van der Waals surface area contributed by atoms with E-state index in [1.54, 1.807) is 36.4 Å². The van der Waals surface area contributed by atoms with Gasteiger partial charge in [-0.3, -0.25) is 29.0 Å². The van der Waals surface area contributed by atoms with Crippen LogP contribution in [0.5, 0.6) is 0 Å². The van der Waals surface area contributed by atoms with Gasteiger partial charge >= 0.3 is 5.97 Å². The summed E-state index contributed by atoms with van der Waals surface area (Å²) >= 11 is 0. The van der Waals surface area contributed by atoms with Crippen molar-refractivity contribution in [2.45, 2.75) is 25.4 Å². The summed E-state index contributed by atoms with van der Waals surface area (Å²) in [6, 6.07) is 17.9. The van der Waals surface area contributed by atoms with Crippen molar-refractivity contribution in [3.8, 4) is 11.1 Å². The second-order valence-corrected chi connectivity index (χ2v) is 9.00. The van der Waals surface area contributed by atoms with E-state index >= 15 is 0 Å². The first-order chi connectivity index (χ1) is 18.3. The Labute approximate surface area is 217 Å². The Hall–Kier alpha value is -4.83. The predicted molar refractivity (Wildman–Crippen MR) is 135 cm³/mol. The summed E-state index contributed by atoms with van der Waals surface area (Å²) in [6.07, 6.45) is -0.0526. The van der Waals surface area contributed by atoms with Gasteiger partial charge in [-0.05, 0) is 47.4 Å². The standard InChI is InChI=1S/C28H23N3O7/c32-15-30-23(33)13-12-22(26(30)35)31-25(34)20-2-1-3-21(24(20)27(31)36)29-14-16-4-6-17(7-5-16)18-8-10-19(11-9-18)28(37)38/h1-11,22,29,32H,12-15H2,(H,37,38). The van der Waals surface area contributed by atoms with Gasteiger partial charge in [0.15, 0.2) is 0 Å². The number of carboxylic acid groups (broad SMARTS) is 1. The number of imide groups is 2. The summed E-state index contributed by atoms with van der Waals surface area (Å²) in [7, 11) is 0. The molecule has 1 unspecified atom stereocenters. The van der Waals surface area contributed by atoms with Gasteiger partial charge in [-0.2, -0.15) is 0 Å². The molecular formula is C28H23N3O7. The third-order valence-corrected chi connectivity index (χ3v) is 6.79. The van der Waals surface area contributed by atoms with Crippen molar-refractivity contribution < 1.29 is 34.2 Å². The quantitative estimate of drug-likeness (QED) is 0.409. The molecule has 1 fully saturated rings. The van der Waals surface area contributed by atoms with E-state index < -0.39 is 42.4 Å². The number of aliphatic hydroxyl groups excluding tert-OH is 1. The fourth-order valence-corrected chi connectivity index (χ4v) is 4.76. The third-order valence-electron chi connectivity index (χ3n) is 6.79. The van der Waals surface area contributed by atoms with Crippen LogP contribution in [0.4, 0.5) is 5.69 Å². The zero-order valence-corrected chi connectivity index (χ0v) is 20.1. The molecule has 0 aliphatic carbocycles. The number of likely N-dealkylation sites (tertiary alicyclic amines) is 1. The lowest BCUT2D eigenvalue weighted by atomic mass is 10.0. The summed E-state index contributed by atoms with van der Waals surface area (Å²) in [5, 5.41) is 21.7.